The zero-order chi connectivity index (χ0) is 5.15. The van der Waals surface area contributed by atoms with Gasteiger partial charge in [0.25, 0.3) is 0 Å². The topological polar surface area (TPSA) is 0 Å². The van der Waals surface area contributed by atoms with E-state index in [0.29, 0.717) is 0 Å². The molecule has 0 bridgehead atoms. The number of hydrogen-bond acceptors (Lipinski definition) is 0. The van der Waals surface area contributed by atoms with Crippen molar-refractivity contribution in [2.45, 2.75) is 0 Å². The molecule has 2 unspecified atom stereocenters. The van der Waals surface area contributed by atoms with E-state index >= 15 is 0 Å². The Labute approximate surface area is 56.1 Å². The van der Waals surface area contributed by atoms with Crippen molar-refractivity contribution >= 4 is 56.0 Å². The Bertz CT molecular complexity index is 26.5. The minimum Gasteiger partial charge on any atom is -0.179 e. The maximum Gasteiger partial charge on any atom is 0.124 e. The lowest BCUT2D eigenvalue weighted by Crippen LogP contribution is -2.25. The molecule has 0 fully saturated rings. The Balaban J connectivity index is 2.99. The van der Waals surface area contributed by atoms with Crippen molar-refractivity contribution in [2.24, 2.45) is 0 Å². The van der Waals surface area contributed by atoms with E-state index in [1.54, 1.807) is 0 Å². The summed E-state index contributed by atoms with van der Waals surface area (Å²) in [6, 6.07) is 0. The van der Waals surface area contributed by atoms with Gasteiger partial charge >= 0.3 is 0 Å². The molecule has 0 nitrogen and oxygen atoms in total. The van der Waals surface area contributed by atoms with Crippen molar-refractivity contribution in [3.63, 3.8) is 0 Å². The summed E-state index contributed by atoms with van der Waals surface area (Å²) in [5.74, 6) is 0. The van der Waals surface area contributed by atoms with Crippen LogP contribution >= 0.6 is 22.2 Å². The third-order valence-electron chi connectivity index (χ3n) is 0.633. The molecule has 0 rings (SSSR count). The van der Waals surface area contributed by atoms with Gasteiger partial charge in [0.2, 0.25) is 0 Å². The summed E-state index contributed by atoms with van der Waals surface area (Å²) in [7, 11) is 1.11. The molecule has 0 N–H and O–H groups in total. The Hall–Kier alpha value is 1.45. The van der Waals surface area contributed by atoms with Crippen LogP contribution in [-0.2, 0) is 0 Å². The van der Waals surface area contributed by atoms with Crippen LogP contribution in [0.5, 0.6) is 0 Å². The summed E-state index contributed by atoms with van der Waals surface area (Å²) in [5.41, 5.74) is 0. The van der Waals surface area contributed by atoms with Crippen LogP contribution in [0.2, 0.25) is 0 Å². The van der Waals surface area contributed by atoms with Crippen molar-refractivity contribution in [2.75, 3.05) is 0 Å². The summed E-state index contributed by atoms with van der Waals surface area (Å²) in [5, 5.41) is 0. The van der Waals surface area contributed by atoms with E-state index in [0.717, 1.165) is 0 Å². The molecular weight excluding hydrogens is 183 g/mol. The zero-order valence-electron chi connectivity index (χ0n) is 3.91. The highest BCUT2D eigenvalue weighted by molar-refractivity contribution is 7.77. The molecule has 0 aliphatic heterocycles. The first-order chi connectivity index (χ1) is 2.64. The van der Waals surface area contributed by atoms with E-state index in [-0.39, 0.29) is 0 Å². The number of rotatable bonds is 1. The van der Waals surface area contributed by atoms with Crippen LogP contribution in [-0.4, -0.2) is 33.8 Å². The van der Waals surface area contributed by atoms with E-state index in [1.165, 1.54) is 19.5 Å². The van der Waals surface area contributed by atoms with Crippen molar-refractivity contribution < 1.29 is 0 Å². The molecule has 0 radical (unpaired) electrons. The van der Waals surface area contributed by atoms with Crippen molar-refractivity contribution in [1.29, 1.82) is 0 Å². The molecule has 38 valence electrons. The van der Waals surface area contributed by atoms with Gasteiger partial charge in [0.1, 0.15) is 14.3 Å². The smallest absolute Gasteiger partial charge is 0.124 e. The second-order valence-corrected chi connectivity index (χ2v) is 36.6. The molecule has 0 spiro atoms. The van der Waals surface area contributed by atoms with Gasteiger partial charge in [-0.3, -0.25) is 0 Å². The first kappa shape index (κ1) is 7.45. The fraction of sp³-hybridized carbons (Fsp3) is 0. The third-order valence-corrected chi connectivity index (χ3v) is 51.3. The van der Waals surface area contributed by atoms with E-state index in [1.807, 2.05) is 0 Å². The monoisotopic (exact) mass is 190 g/mol. The van der Waals surface area contributed by atoms with Crippen LogP contribution < -0.4 is 0 Å². The van der Waals surface area contributed by atoms with Crippen molar-refractivity contribution in [1.82, 2.24) is 0 Å². The Morgan fingerprint density at radius 3 is 1.17 bits per heavy atom. The molecule has 6 heavy (non-hydrogen) atoms. The van der Waals surface area contributed by atoms with Gasteiger partial charge in [-0.2, -0.15) is 22.2 Å². The number of hydrogen-bond donors (Lipinski definition) is 0. The van der Waals surface area contributed by atoms with Gasteiger partial charge in [-0.05, 0) is 0 Å². The van der Waals surface area contributed by atoms with Gasteiger partial charge in [0.15, 0.2) is 0 Å². The highest BCUT2D eigenvalue weighted by Gasteiger charge is 2.06. The molecule has 0 aliphatic carbocycles. The van der Waals surface area contributed by atoms with E-state index in [2.05, 4.69) is 0 Å². The predicted molar refractivity (Wildman–Crippen MR) is 45.9 cm³/mol. The average molecular weight is 191 g/mol. The fourth-order valence-corrected chi connectivity index (χ4v) is 0. The minimum atomic E-state index is -0.667. The van der Waals surface area contributed by atoms with Crippen molar-refractivity contribution in [3.05, 3.63) is 0 Å². The third kappa shape index (κ3) is 3.63. The minimum absolute atomic E-state index is 0.667. The van der Waals surface area contributed by atoms with Crippen LogP contribution in [0.25, 0.3) is 0 Å². The molecule has 2 atom stereocenters. The maximum absolute atomic E-state index is 5.78. The van der Waals surface area contributed by atoms with Gasteiger partial charge in [0, 0.05) is 19.5 Å². The lowest BCUT2D eigenvalue weighted by molar-refractivity contribution is 3.77. The van der Waals surface area contributed by atoms with Crippen LogP contribution in [0, 0.1) is 0 Å². The molecule has 0 saturated carbocycles. The highest BCUT2D eigenvalue weighted by atomic mass is 35.6. The maximum atomic E-state index is 5.78. The Morgan fingerprint density at radius 2 is 1.17 bits per heavy atom. The largest absolute Gasteiger partial charge is 0.179 e. The summed E-state index contributed by atoms with van der Waals surface area (Å²) in [6.07, 6.45) is 0. The first-order valence-corrected chi connectivity index (χ1v) is 17.3. The molecule has 0 aromatic heterocycles. The van der Waals surface area contributed by atoms with E-state index in [9.17, 15) is 0 Å². The van der Waals surface area contributed by atoms with Crippen molar-refractivity contribution in [3.8, 4) is 0 Å². The number of halogens is 2. The van der Waals surface area contributed by atoms with Crippen LogP contribution in [0.4, 0.5) is 0 Å². The standard InChI is InChI=1S/Cl2H8Si4/c1-5(3)6(2)4/h5-6H,3-4H3. The molecule has 0 aliphatic rings. The fourth-order valence-electron chi connectivity index (χ4n) is 0. The van der Waals surface area contributed by atoms with Crippen LogP contribution in [0.3, 0.4) is 0 Å². The quantitative estimate of drug-likeness (QED) is 0.323. The summed E-state index contributed by atoms with van der Waals surface area (Å²) < 4.78 is 0. The van der Waals surface area contributed by atoms with Gasteiger partial charge in [-0.15, -0.1) is 0 Å². The molecule has 0 aromatic rings. The average Bonchev–Trinajstić information content (AvgIpc) is 1.36. The summed E-state index contributed by atoms with van der Waals surface area (Å²) in [6.45, 7) is 0. The SMILES string of the molecule is [SiH3][SiH](Cl)[SiH]([SiH3])Cl. The normalized spacial score (nSPS) is 21.0. The Kier molecular flexibility index (Phi) is 4.28. The molecular formula is H8Cl2Si4. The van der Waals surface area contributed by atoms with E-state index < -0.39 is 14.3 Å². The zero-order valence-corrected chi connectivity index (χ0v) is 11.7. The van der Waals surface area contributed by atoms with Gasteiger partial charge in [-0.1, -0.05) is 0 Å². The van der Waals surface area contributed by atoms with E-state index in [4.69, 9.17) is 22.2 Å². The summed E-state index contributed by atoms with van der Waals surface area (Å²) in [4.78, 5) is 0. The lowest BCUT2D eigenvalue weighted by atomic mass is 26.4. The van der Waals surface area contributed by atoms with Crippen LogP contribution in [0.15, 0.2) is 0 Å². The van der Waals surface area contributed by atoms with Gasteiger partial charge in [-0.25, -0.2) is 0 Å². The first-order valence-electron chi connectivity index (χ1n) is 1.92. The van der Waals surface area contributed by atoms with Gasteiger partial charge < -0.3 is 0 Å². The molecule has 6 heteroatoms. The van der Waals surface area contributed by atoms with Crippen LogP contribution in [0.1, 0.15) is 0 Å². The highest BCUT2D eigenvalue weighted by Crippen LogP contribution is 1.89. The second kappa shape index (κ2) is 3.45. The van der Waals surface area contributed by atoms with Gasteiger partial charge in [0.05, 0.1) is 0 Å². The Morgan fingerprint density at radius 1 is 1.00 bits per heavy atom. The molecule has 0 saturated heterocycles. The molecule has 0 heterocycles. The second-order valence-electron chi connectivity index (χ2n) is 1.36. The predicted octanol–water partition coefficient (Wildman–Crippen LogP) is -2.29. The lowest BCUT2D eigenvalue weighted by Gasteiger charge is -1.95. The molecule has 0 amide bonds. The molecule has 0 aromatic carbocycles. The summed E-state index contributed by atoms with van der Waals surface area (Å²) >= 11 is 11.6.